The SMILES string of the molecule is COCCOCC(N)c1ccncc1F. The number of pyridine rings is 1. The summed E-state index contributed by atoms with van der Waals surface area (Å²) in [6, 6.07) is 1.09. The van der Waals surface area contributed by atoms with Crippen LogP contribution in [0.25, 0.3) is 0 Å². The number of nitrogens with two attached hydrogens (primary N) is 1. The molecule has 0 saturated carbocycles. The van der Waals surface area contributed by atoms with Gasteiger partial charge in [0, 0.05) is 18.9 Å². The lowest BCUT2D eigenvalue weighted by Gasteiger charge is -2.12. The molecule has 1 aromatic heterocycles. The molecule has 15 heavy (non-hydrogen) atoms. The highest BCUT2D eigenvalue weighted by atomic mass is 19.1. The van der Waals surface area contributed by atoms with Gasteiger partial charge in [0.05, 0.1) is 32.1 Å². The second kappa shape index (κ2) is 6.44. The van der Waals surface area contributed by atoms with E-state index in [-0.39, 0.29) is 6.61 Å². The van der Waals surface area contributed by atoms with Gasteiger partial charge in [0.25, 0.3) is 0 Å². The Bertz CT molecular complexity index is 297. The van der Waals surface area contributed by atoms with E-state index in [0.717, 1.165) is 6.20 Å². The van der Waals surface area contributed by atoms with Gasteiger partial charge < -0.3 is 15.2 Å². The van der Waals surface area contributed by atoms with Gasteiger partial charge in [-0.1, -0.05) is 0 Å². The molecule has 1 unspecified atom stereocenters. The van der Waals surface area contributed by atoms with E-state index in [1.54, 1.807) is 13.2 Å². The van der Waals surface area contributed by atoms with Crippen LogP contribution in [0.3, 0.4) is 0 Å². The summed E-state index contributed by atoms with van der Waals surface area (Å²) in [6.07, 6.45) is 2.65. The maximum absolute atomic E-state index is 13.2. The van der Waals surface area contributed by atoms with Gasteiger partial charge in [0.15, 0.2) is 0 Å². The first-order valence-corrected chi connectivity index (χ1v) is 4.67. The molecule has 1 aromatic rings. The van der Waals surface area contributed by atoms with Crippen molar-refractivity contribution >= 4 is 0 Å². The summed E-state index contributed by atoms with van der Waals surface area (Å²) in [5.41, 5.74) is 6.16. The molecule has 1 rings (SSSR count). The first-order chi connectivity index (χ1) is 7.25. The number of halogens is 1. The van der Waals surface area contributed by atoms with E-state index in [0.29, 0.717) is 18.8 Å². The molecule has 0 aliphatic carbocycles. The van der Waals surface area contributed by atoms with Crippen LogP contribution in [0, 0.1) is 5.82 Å². The normalized spacial score (nSPS) is 12.7. The highest BCUT2D eigenvalue weighted by Crippen LogP contribution is 2.13. The van der Waals surface area contributed by atoms with Crippen LogP contribution in [0.2, 0.25) is 0 Å². The van der Waals surface area contributed by atoms with Crippen molar-refractivity contribution in [3.05, 3.63) is 29.8 Å². The maximum Gasteiger partial charge on any atom is 0.146 e. The van der Waals surface area contributed by atoms with Crippen molar-refractivity contribution in [1.29, 1.82) is 0 Å². The number of rotatable bonds is 6. The third-order valence-electron chi connectivity index (χ3n) is 1.93. The number of aromatic nitrogens is 1. The van der Waals surface area contributed by atoms with Crippen molar-refractivity contribution < 1.29 is 13.9 Å². The fourth-order valence-corrected chi connectivity index (χ4v) is 1.13. The summed E-state index contributed by atoms with van der Waals surface area (Å²) in [5, 5.41) is 0. The van der Waals surface area contributed by atoms with Crippen molar-refractivity contribution in [1.82, 2.24) is 4.98 Å². The van der Waals surface area contributed by atoms with Crippen molar-refractivity contribution in [3.63, 3.8) is 0 Å². The zero-order chi connectivity index (χ0) is 11.1. The molecule has 1 heterocycles. The Morgan fingerprint density at radius 2 is 2.33 bits per heavy atom. The lowest BCUT2D eigenvalue weighted by atomic mass is 10.1. The summed E-state index contributed by atoms with van der Waals surface area (Å²) in [6.45, 7) is 1.23. The van der Waals surface area contributed by atoms with Gasteiger partial charge >= 0.3 is 0 Å². The van der Waals surface area contributed by atoms with Crippen molar-refractivity contribution in [2.45, 2.75) is 6.04 Å². The Kier molecular flexibility index (Phi) is 5.17. The number of hydrogen-bond acceptors (Lipinski definition) is 4. The Morgan fingerprint density at radius 1 is 1.53 bits per heavy atom. The summed E-state index contributed by atoms with van der Waals surface area (Å²) < 4.78 is 23.2. The molecule has 84 valence electrons. The predicted octanol–water partition coefficient (Wildman–Crippen LogP) is 0.884. The van der Waals surface area contributed by atoms with E-state index in [2.05, 4.69) is 4.98 Å². The van der Waals surface area contributed by atoms with Crippen molar-refractivity contribution in [2.24, 2.45) is 5.73 Å². The monoisotopic (exact) mass is 214 g/mol. The molecule has 1 atom stereocenters. The second-order valence-corrected chi connectivity index (χ2v) is 3.07. The molecular weight excluding hydrogens is 199 g/mol. The van der Waals surface area contributed by atoms with E-state index < -0.39 is 11.9 Å². The predicted molar refractivity (Wildman–Crippen MR) is 53.8 cm³/mol. The van der Waals surface area contributed by atoms with Gasteiger partial charge in [0.1, 0.15) is 5.82 Å². The summed E-state index contributed by atoms with van der Waals surface area (Å²) in [5.74, 6) is -0.402. The number of ether oxygens (including phenoxy) is 2. The zero-order valence-corrected chi connectivity index (χ0v) is 8.65. The average Bonchev–Trinajstić information content (AvgIpc) is 2.25. The smallest absolute Gasteiger partial charge is 0.146 e. The van der Waals surface area contributed by atoms with Crippen LogP contribution >= 0.6 is 0 Å². The third kappa shape index (κ3) is 3.91. The molecule has 5 heteroatoms. The molecule has 4 nitrogen and oxygen atoms in total. The highest BCUT2D eigenvalue weighted by Gasteiger charge is 2.10. The van der Waals surface area contributed by atoms with Crippen LogP contribution in [-0.2, 0) is 9.47 Å². The first kappa shape index (κ1) is 12.0. The molecule has 0 aliphatic heterocycles. The van der Waals surface area contributed by atoms with Gasteiger partial charge in [0.2, 0.25) is 0 Å². The molecule has 0 aromatic carbocycles. The minimum absolute atomic E-state index is 0.268. The van der Waals surface area contributed by atoms with Crippen LogP contribution in [0.15, 0.2) is 18.5 Å². The van der Waals surface area contributed by atoms with Crippen LogP contribution in [0.5, 0.6) is 0 Å². The van der Waals surface area contributed by atoms with Gasteiger partial charge in [-0.15, -0.1) is 0 Å². The Hall–Kier alpha value is -1.04. The van der Waals surface area contributed by atoms with E-state index in [9.17, 15) is 4.39 Å². The van der Waals surface area contributed by atoms with E-state index in [4.69, 9.17) is 15.2 Å². The number of hydrogen-bond donors (Lipinski definition) is 1. The Labute approximate surface area is 88.2 Å². The average molecular weight is 214 g/mol. The quantitative estimate of drug-likeness (QED) is 0.714. The van der Waals surface area contributed by atoms with Gasteiger partial charge in [-0.25, -0.2) is 4.39 Å². The van der Waals surface area contributed by atoms with Crippen LogP contribution in [0.4, 0.5) is 4.39 Å². The zero-order valence-electron chi connectivity index (χ0n) is 8.65. The fraction of sp³-hybridized carbons (Fsp3) is 0.500. The second-order valence-electron chi connectivity index (χ2n) is 3.07. The molecule has 0 amide bonds. The van der Waals surface area contributed by atoms with Crippen LogP contribution < -0.4 is 5.73 Å². The largest absolute Gasteiger partial charge is 0.382 e. The lowest BCUT2D eigenvalue weighted by Crippen LogP contribution is -2.19. The van der Waals surface area contributed by atoms with Crippen LogP contribution in [-0.4, -0.2) is 31.9 Å². The molecule has 0 fully saturated rings. The fourth-order valence-electron chi connectivity index (χ4n) is 1.13. The van der Waals surface area contributed by atoms with Crippen molar-refractivity contribution in [3.8, 4) is 0 Å². The third-order valence-corrected chi connectivity index (χ3v) is 1.93. The maximum atomic E-state index is 13.2. The molecule has 0 radical (unpaired) electrons. The minimum atomic E-state index is -0.468. The van der Waals surface area contributed by atoms with E-state index >= 15 is 0 Å². The number of methoxy groups -OCH3 is 1. The lowest BCUT2D eigenvalue weighted by molar-refractivity contribution is 0.0632. The molecule has 2 N–H and O–H groups in total. The topological polar surface area (TPSA) is 57.4 Å². The van der Waals surface area contributed by atoms with E-state index in [1.807, 2.05) is 0 Å². The standard InChI is InChI=1S/C10H15FN2O2/c1-14-4-5-15-7-10(12)8-2-3-13-6-9(8)11/h2-3,6,10H,4-5,7,12H2,1H3. The summed E-state index contributed by atoms with van der Waals surface area (Å²) >= 11 is 0. The molecular formula is C10H15FN2O2. The molecule has 0 bridgehead atoms. The molecule has 0 saturated heterocycles. The summed E-state index contributed by atoms with van der Waals surface area (Å²) in [4.78, 5) is 3.65. The highest BCUT2D eigenvalue weighted by molar-refractivity contribution is 5.16. The van der Waals surface area contributed by atoms with Gasteiger partial charge in [-0.05, 0) is 6.07 Å². The Morgan fingerprint density at radius 3 is 3.00 bits per heavy atom. The van der Waals surface area contributed by atoms with Gasteiger partial charge in [-0.3, -0.25) is 4.98 Å². The molecule has 0 spiro atoms. The molecule has 0 aliphatic rings. The Balaban J connectivity index is 2.40. The van der Waals surface area contributed by atoms with Gasteiger partial charge in [-0.2, -0.15) is 0 Å². The van der Waals surface area contributed by atoms with Crippen molar-refractivity contribution in [2.75, 3.05) is 26.9 Å². The number of nitrogens with zero attached hydrogens (tertiary/aromatic N) is 1. The first-order valence-electron chi connectivity index (χ1n) is 4.67. The minimum Gasteiger partial charge on any atom is -0.382 e. The van der Waals surface area contributed by atoms with E-state index in [1.165, 1.54) is 6.20 Å². The van der Waals surface area contributed by atoms with Crippen LogP contribution in [0.1, 0.15) is 11.6 Å². The summed E-state index contributed by atoms with van der Waals surface area (Å²) in [7, 11) is 1.59.